The number of hydrogen-bond acceptors (Lipinski definition) is 4. The van der Waals surface area contributed by atoms with Crippen LogP contribution in [0.1, 0.15) is 19.8 Å². The number of aromatic nitrogens is 1. The molecule has 1 saturated heterocycles. The number of rotatable bonds is 3. The lowest BCUT2D eigenvalue weighted by molar-refractivity contribution is -0.146. The fourth-order valence-electron chi connectivity index (χ4n) is 3.71. The van der Waals surface area contributed by atoms with Crippen LogP contribution in [-0.2, 0) is 14.4 Å². The smallest absolute Gasteiger partial charge is 0.247 e. The second-order valence-corrected chi connectivity index (χ2v) is 6.78. The monoisotopic (exact) mass is 349 g/mol. The summed E-state index contributed by atoms with van der Waals surface area (Å²) in [5, 5.41) is 3.68. The molecule has 6 nitrogen and oxygen atoms in total. The molecule has 4 rings (SSSR count). The standard InChI is InChI=1S/C20H19N3O3/c1-12(23-19(25)15-7-3-4-8-16(15)20(23)26)18(24)22-14-10-13-6-2-5-9-17(13)21-11-14/h2-6,9-12,15-16H,7-8H2,1H3,(H,22,24)/t12-,15-,16+/m0/s1. The molecule has 2 aromatic rings. The highest BCUT2D eigenvalue weighted by Crippen LogP contribution is 2.36. The summed E-state index contributed by atoms with van der Waals surface area (Å²) in [7, 11) is 0. The first kappa shape index (κ1) is 16.4. The van der Waals surface area contributed by atoms with Gasteiger partial charge in [-0.25, -0.2) is 0 Å². The van der Waals surface area contributed by atoms with Crippen molar-refractivity contribution in [2.75, 3.05) is 5.32 Å². The van der Waals surface area contributed by atoms with E-state index in [1.54, 1.807) is 13.1 Å². The van der Waals surface area contributed by atoms with Gasteiger partial charge in [0.2, 0.25) is 17.7 Å². The molecule has 6 heteroatoms. The maximum atomic E-state index is 12.6. The average molecular weight is 349 g/mol. The number of nitrogens with zero attached hydrogens (tertiary/aromatic N) is 2. The summed E-state index contributed by atoms with van der Waals surface area (Å²) in [4.78, 5) is 43.3. The second-order valence-electron chi connectivity index (χ2n) is 6.78. The molecule has 0 bridgehead atoms. The zero-order valence-electron chi connectivity index (χ0n) is 14.4. The number of nitrogens with one attached hydrogen (secondary N) is 1. The third-order valence-electron chi connectivity index (χ3n) is 5.17. The number of benzene rings is 1. The van der Waals surface area contributed by atoms with E-state index in [0.29, 0.717) is 18.5 Å². The third-order valence-corrected chi connectivity index (χ3v) is 5.17. The number of hydrogen-bond donors (Lipinski definition) is 1. The molecule has 0 saturated carbocycles. The van der Waals surface area contributed by atoms with E-state index < -0.39 is 11.9 Å². The first-order valence-electron chi connectivity index (χ1n) is 8.74. The quantitative estimate of drug-likeness (QED) is 0.682. The predicted molar refractivity (Wildman–Crippen MR) is 97.0 cm³/mol. The van der Waals surface area contributed by atoms with Gasteiger partial charge in [-0.3, -0.25) is 24.3 Å². The Morgan fingerprint density at radius 2 is 1.81 bits per heavy atom. The van der Waals surface area contributed by atoms with Crippen LogP contribution in [0, 0.1) is 11.8 Å². The van der Waals surface area contributed by atoms with E-state index >= 15 is 0 Å². The van der Waals surface area contributed by atoms with Crippen molar-refractivity contribution in [1.82, 2.24) is 9.88 Å². The minimum absolute atomic E-state index is 0.247. The van der Waals surface area contributed by atoms with E-state index in [1.165, 1.54) is 0 Å². The Hall–Kier alpha value is -3.02. The van der Waals surface area contributed by atoms with Gasteiger partial charge in [0.05, 0.1) is 29.2 Å². The number of fused-ring (bicyclic) bond motifs is 2. The topological polar surface area (TPSA) is 79.4 Å². The lowest BCUT2D eigenvalue weighted by Gasteiger charge is -2.22. The van der Waals surface area contributed by atoms with Crippen molar-refractivity contribution in [3.8, 4) is 0 Å². The Kier molecular flexibility index (Phi) is 4.03. The van der Waals surface area contributed by atoms with Crippen molar-refractivity contribution in [3.63, 3.8) is 0 Å². The highest BCUT2D eigenvalue weighted by molar-refractivity contribution is 6.10. The predicted octanol–water partition coefficient (Wildman–Crippen LogP) is 2.51. The van der Waals surface area contributed by atoms with Gasteiger partial charge in [0, 0.05) is 5.39 Å². The number of pyridine rings is 1. The van der Waals surface area contributed by atoms with Crippen LogP contribution in [0.25, 0.3) is 10.9 Å². The van der Waals surface area contributed by atoms with E-state index in [9.17, 15) is 14.4 Å². The minimum atomic E-state index is -0.855. The summed E-state index contributed by atoms with van der Waals surface area (Å²) in [5.41, 5.74) is 1.37. The molecule has 1 N–H and O–H groups in total. The number of anilines is 1. The van der Waals surface area contributed by atoms with Crippen LogP contribution in [0.3, 0.4) is 0 Å². The molecule has 1 aliphatic carbocycles. The van der Waals surface area contributed by atoms with Gasteiger partial charge in [-0.2, -0.15) is 0 Å². The molecular weight excluding hydrogens is 330 g/mol. The largest absolute Gasteiger partial charge is 0.323 e. The molecule has 0 radical (unpaired) electrons. The van der Waals surface area contributed by atoms with Crippen LogP contribution in [0.4, 0.5) is 5.69 Å². The van der Waals surface area contributed by atoms with Crippen LogP contribution in [0.15, 0.2) is 48.7 Å². The molecule has 1 aliphatic heterocycles. The van der Waals surface area contributed by atoms with Gasteiger partial charge >= 0.3 is 0 Å². The Bertz CT molecular complexity index is 911. The van der Waals surface area contributed by atoms with Crippen molar-refractivity contribution in [1.29, 1.82) is 0 Å². The van der Waals surface area contributed by atoms with Crippen molar-refractivity contribution >= 4 is 34.3 Å². The maximum absolute atomic E-state index is 12.6. The van der Waals surface area contributed by atoms with Gasteiger partial charge in [0.15, 0.2) is 0 Å². The number of para-hydroxylation sites is 1. The first-order valence-corrected chi connectivity index (χ1v) is 8.74. The molecule has 2 aliphatic rings. The zero-order chi connectivity index (χ0) is 18.3. The Balaban J connectivity index is 1.52. The SMILES string of the molecule is C[C@@H](C(=O)Nc1cnc2ccccc2c1)N1C(=O)[C@H]2CC=CC[C@H]2C1=O. The number of carbonyl (C=O) groups is 3. The van der Waals surface area contributed by atoms with Crippen LogP contribution in [0.5, 0.6) is 0 Å². The van der Waals surface area contributed by atoms with Crippen molar-refractivity contribution < 1.29 is 14.4 Å². The molecule has 1 fully saturated rings. The zero-order valence-corrected chi connectivity index (χ0v) is 14.4. The molecule has 26 heavy (non-hydrogen) atoms. The summed E-state index contributed by atoms with van der Waals surface area (Å²) in [6.45, 7) is 1.59. The van der Waals surface area contributed by atoms with Crippen LogP contribution >= 0.6 is 0 Å². The van der Waals surface area contributed by atoms with Crippen LogP contribution < -0.4 is 5.32 Å². The van der Waals surface area contributed by atoms with Crippen LogP contribution in [0.2, 0.25) is 0 Å². The van der Waals surface area contributed by atoms with Gasteiger partial charge < -0.3 is 5.32 Å². The van der Waals surface area contributed by atoms with E-state index in [4.69, 9.17) is 0 Å². The Morgan fingerprint density at radius 3 is 2.50 bits per heavy atom. The molecule has 3 atom stereocenters. The molecular formula is C20H19N3O3. The summed E-state index contributed by atoms with van der Waals surface area (Å²) in [6.07, 6.45) is 6.57. The van der Waals surface area contributed by atoms with Gasteiger partial charge in [0.1, 0.15) is 6.04 Å². The Morgan fingerprint density at radius 1 is 1.15 bits per heavy atom. The minimum Gasteiger partial charge on any atom is -0.323 e. The molecule has 1 aromatic carbocycles. The fourth-order valence-corrected chi connectivity index (χ4v) is 3.71. The van der Waals surface area contributed by atoms with Gasteiger partial charge in [-0.1, -0.05) is 30.4 Å². The fraction of sp³-hybridized carbons (Fsp3) is 0.300. The summed E-state index contributed by atoms with van der Waals surface area (Å²) < 4.78 is 0. The van der Waals surface area contributed by atoms with Crippen LogP contribution in [-0.4, -0.2) is 33.6 Å². The average Bonchev–Trinajstić information content (AvgIpc) is 2.92. The normalized spacial score (nSPS) is 23.2. The summed E-state index contributed by atoms with van der Waals surface area (Å²) in [5.74, 6) is -1.54. The number of likely N-dealkylation sites (tertiary alicyclic amines) is 1. The highest BCUT2D eigenvalue weighted by atomic mass is 16.2. The summed E-state index contributed by atoms with van der Waals surface area (Å²) >= 11 is 0. The molecule has 0 spiro atoms. The van der Waals surface area contributed by atoms with Gasteiger partial charge in [-0.15, -0.1) is 0 Å². The van der Waals surface area contributed by atoms with Crippen molar-refractivity contribution in [2.45, 2.75) is 25.8 Å². The molecule has 1 aromatic heterocycles. The lowest BCUT2D eigenvalue weighted by Crippen LogP contribution is -2.46. The second kappa shape index (κ2) is 6.37. The van der Waals surface area contributed by atoms with Gasteiger partial charge in [-0.05, 0) is 31.9 Å². The molecule has 2 heterocycles. The Labute approximate surface area is 150 Å². The molecule has 132 valence electrons. The van der Waals surface area contributed by atoms with E-state index in [-0.39, 0.29) is 23.7 Å². The number of amides is 3. The summed E-state index contributed by atoms with van der Waals surface area (Å²) in [6, 6.07) is 8.56. The number of carbonyl (C=O) groups excluding carboxylic acids is 3. The van der Waals surface area contributed by atoms with Gasteiger partial charge in [0.25, 0.3) is 0 Å². The first-order chi connectivity index (χ1) is 12.6. The van der Waals surface area contributed by atoms with Crippen molar-refractivity contribution in [3.05, 3.63) is 48.7 Å². The molecule has 0 unspecified atom stereocenters. The molecule has 3 amide bonds. The lowest BCUT2D eigenvalue weighted by atomic mass is 9.85. The van der Waals surface area contributed by atoms with E-state index in [1.807, 2.05) is 42.5 Å². The van der Waals surface area contributed by atoms with E-state index in [2.05, 4.69) is 10.3 Å². The number of allylic oxidation sites excluding steroid dienone is 2. The maximum Gasteiger partial charge on any atom is 0.247 e. The van der Waals surface area contributed by atoms with Crippen molar-refractivity contribution in [2.24, 2.45) is 11.8 Å². The third kappa shape index (κ3) is 2.67. The number of imide groups is 1. The highest BCUT2D eigenvalue weighted by Gasteiger charge is 2.50. The van der Waals surface area contributed by atoms with E-state index in [0.717, 1.165) is 15.8 Å².